The lowest BCUT2D eigenvalue weighted by molar-refractivity contribution is -0.117. The Bertz CT molecular complexity index is 1640. The standard InChI is InChI=1S/C30H24FN3O5S2/c1-38-23-15-11-20(16-24(23)39-2)26-25(22(35)14-10-18-6-4-3-5-7-18)27(36)28(37)34(26)29-32-33-30(41-29)40-17-19-8-12-21(31)13-9-19/h3-16,26,36H,17H2,1-2H3/b14-10+. The van der Waals surface area contributed by atoms with Gasteiger partial charge < -0.3 is 14.6 Å². The van der Waals surface area contributed by atoms with Crippen molar-refractivity contribution in [3.05, 3.63) is 113 Å². The van der Waals surface area contributed by atoms with Gasteiger partial charge in [-0.05, 0) is 47.0 Å². The van der Waals surface area contributed by atoms with Gasteiger partial charge in [0.1, 0.15) is 5.82 Å². The van der Waals surface area contributed by atoms with Gasteiger partial charge >= 0.3 is 0 Å². The largest absolute Gasteiger partial charge is 0.503 e. The van der Waals surface area contributed by atoms with Gasteiger partial charge in [0.05, 0.1) is 25.8 Å². The summed E-state index contributed by atoms with van der Waals surface area (Å²) in [5, 5.41) is 19.6. The van der Waals surface area contributed by atoms with E-state index in [4.69, 9.17) is 9.47 Å². The van der Waals surface area contributed by atoms with E-state index in [1.54, 1.807) is 36.4 Å². The number of thioether (sulfide) groups is 1. The Morgan fingerprint density at radius 1 is 1.05 bits per heavy atom. The second-order valence-corrected chi connectivity index (χ2v) is 11.0. The van der Waals surface area contributed by atoms with Crippen LogP contribution < -0.4 is 14.4 Å². The lowest BCUT2D eigenvalue weighted by Gasteiger charge is -2.24. The van der Waals surface area contributed by atoms with Crippen molar-refractivity contribution in [3.8, 4) is 11.5 Å². The van der Waals surface area contributed by atoms with Gasteiger partial charge in [-0.2, -0.15) is 0 Å². The van der Waals surface area contributed by atoms with Crippen LogP contribution in [0, 0.1) is 5.82 Å². The number of ketones is 1. The number of rotatable bonds is 10. The number of aromatic nitrogens is 2. The average molecular weight is 590 g/mol. The number of anilines is 1. The number of amides is 1. The number of methoxy groups -OCH3 is 2. The van der Waals surface area contributed by atoms with Gasteiger partial charge in [-0.3, -0.25) is 14.5 Å². The molecule has 41 heavy (non-hydrogen) atoms. The number of carbonyl (C=O) groups is 2. The highest BCUT2D eigenvalue weighted by atomic mass is 32.2. The molecule has 11 heteroatoms. The highest BCUT2D eigenvalue weighted by Crippen LogP contribution is 2.45. The number of allylic oxidation sites excluding steroid dienone is 1. The van der Waals surface area contributed by atoms with Crippen LogP contribution in [0.1, 0.15) is 22.7 Å². The average Bonchev–Trinajstić information content (AvgIpc) is 3.57. The Kier molecular flexibility index (Phi) is 8.46. The number of ether oxygens (including phenoxy) is 2. The highest BCUT2D eigenvalue weighted by molar-refractivity contribution is 8.00. The first-order valence-electron chi connectivity index (χ1n) is 12.4. The molecule has 0 bridgehead atoms. The van der Waals surface area contributed by atoms with Crippen LogP contribution in [-0.2, 0) is 15.3 Å². The van der Waals surface area contributed by atoms with Crippen LogP contribution in [0.2, 0.25) is 0 Å². The van der Waals surface area contributed by atoms with Crippen LogP contribution in [-0.4, -0.2) is 41.2 Å². The van der Waals surface area contributed by atoms with Crippen molar-refractivity contribution in [3.63, 3.8) is 0 Å². The fourth-order valence-corrected chi connectivity index (χ4v) is 6.13. The molecule has 0 saturated carbocycles. The summed E-state index contributed by atoms with van der Waals surface area (Å²) in [5.41, 5.74) is 2.10. The molecule has 3 aromatic carbocycles. The molecule has 1 aliphatic rings. The van der Waals surface area contributed by atoms with Crippen LogP contribution >= 0.6 is 23.1 Å². The summed E-state index contributed by atoms with van der Waals surface area (Å²) in [7, 11) is 2.99. The Hall–Kier alpha value is -4.48. The van der Waals surface area contributed by atoms with Gasteiger partial charge in [0.2, 0.25) is 5.13 Å². The molecule has 1 atom stereocenters. The zero-order chi connectivity index (χ0) is 28.9. The van der Waals surface area contributed by atoms with E-state index in [1.165, 1.54) is 49.1 Å². The number of aliphatic hydroxyl groups excluding tert-OH is 1. The van der Waals surface area contributed by atoms with Crippen molar-refractivity contribution in [2.75, 3.05) is 19.1 Å². The molecule has 1 aliphatic heterocycles. The van der Waals surface area contributed by atoms with Gasteiger partial charge in [-0.15, -0.1) is 10.2 Å². The number of halogens is 1. The predicted octanol–water partition coefficient (Wildman–Crippen LogP) is 6.17. The number of carbonyl (C=O) groups excluding carboxylic acids is 2. The summed E-state index contributed by atoms with van der Waals surface area (Å²) in [6, 6.07) is 19.4. The van der Waals surface area contributed by atoms with Crippen LogP contribution in [0.15, 0.2) is 94.5 Å². The van der Waals surface area contributed by atoms with Gasteiger partial charge in [0.25, 0.3) is 5.91 Å². The highest BCUT2D eigenvalue weighted by Gasteiger charge is 2.45. The molecular formula is C30H24FN3O5S2. The fraction of sp³-hybridized carbons (Fsp3) is 0.133. The van der Waals surface area contributed by atoms with Crippen molar-refractivity contribution in [1.29, 1.82) is 0 Å². The molecule has 0 radical (unpaired) electrons. The van der Waals surface area contributed by atoms with Gasteiger partial charge in [0.15, 0.2) is 27.4 Å². The molecule has 5 rings (SSSR count). The van der Waals surface area contributed by atoms with E-state index < -0.39 is 23.5 Å². The summed E-state index contributed by atoms with van der Waals surface area (Å²) in [6.45, 7) is 0. The number of nitrogens with zero attached hydrogens (tertiary/aromatic N) is 3. The smallest absolute Gasteiger partial charge is 0.296 e. The van der Waals surface area contributed by atoms with E-state index in [9.17, 15) is 19.1 Å². The van der Waals surface area contributed by atoms with E-state index in [0.717, 1.165) is 22.5 Å². The SMILES string of the molecule is COc1ccc(C2C(C(=O)/C=C/c3ccccc3)=C(O)C(=O)N2c2nnc(SCc3ccc(F)cc3)s2)cc1OC. The van der Waals surface area contributed by atoms with Crippen LogP contribution in [0.25, 0.3) is 6.08 Å². The maximum atomic E-state index is 13.5. The topological polar surface area (TPSA) is 102 Å². The van der Waals surface area contributed by atoms with Crippen molar-refractivity contribution in [2.24, 2.45) is 0 Å². The Balaban J connectivity index is 1.50. The summed E-state index contributed by atoms with van der Waals surface area (Å²) in [4.78, 5) is 28.2. The van der Waals surface area contributed by atoms with E-state index in [2.05, 4.69) is 10.2 Å². The normalized spacial score (nSPS) is 15.1. The van der Waals surface area contributed by atoms with Crippen LogP contribution in [0.3, 0.4) is 0 Å². The molecule has 1 N–H and O–H groups in total. The lowest BCUT2D eigenvalue weighted by atomic mass is 9.95. The second kappa shape index (κ2) is 12.4. The quantitative estimate of drug-likeness (QED) is 0.133. The summed E-state index contributed by atoms with van der Waals surface area (Å²) in [6.07, 6.45) is 2.95. The molecule has 1 amide bonds. The van der Waals surface area contributed by atoms with Gasteiger partial charge in [0, 0.05) is 5.75 Å². The number of hydrogen-bond acceptors (Lipinski definition) is 9. The number of aliphatic hydroxyl groups is 1. The Morgan fingerprint density at radius 3 is 2.49 bits per heavy atom. The summed E-state index contributed by atoms with van der Waals surface area (Å²) < 4.78 is 24.6. The first kappa shape index (κ1) is 28.1. The minimum absolute atomic E-state index is 0.0925. The van der Waals surface area contributed by atoms with Crippen molar-refractivity contribution < 1.29 is 28.6 Å². The van der Waals surface area contributed by atoms with E-state index in [1.807, 2.05) is 30.3 Å². The number of benzene rings is 3. The molecule has 8 nitrogen and oxygen atoms in total. The van der Waals surface area contributed by atoms with E-state index >= 15 is 0 Å². The number of hydrogen-bond donors (Lipinski definition) is 1. The summed E-state index contributed by atoms with van der Waals surface area (Å²) >= 11 is 2.52. The molecule has 208 valence electrons. The van der Waals surface area contributed by atoms with Crippen LogP contribution in [0.4, 0.5) is 9.52 Å². The molecule has 0 fully saturated rings. The fourth-order valence-electron chi connectivity index (χ4n) is 4.30. The minimum Gasteiger partial charge on any atom is -0.503 e. The van der Waals surface area contributed by atoms with Gasteiger partial charge in [-0.25, -0.2) is 4.39 Å². The summed E-state index contributed by atoms with van der Waals surface area (Å²) in [5.74, 6) is -0.912. The van der Waals surface area contributed by atoms with Crippen molar-refractivity contribution in [2.45, 2.75) is 16.1 Å². The maximum absolute atomic E-state index is 13.5. The molecular weight excluding hydrogens is 565 g/mol. The molecule has 2 heterocycles. The predicted molar refractivity (Wildman–Crippen MR) is 156 cm³/mol. The Labute approximate surface area is 243 Å². The molecule has 0 spiro atoms. The molecule has 4 aromatic rings. The van der Waals surface area contributed by atoms with Crippen molar-refractivity contribution in [1.82, 2.24) is 10.2 Å². The molecule has 1 aromatic heterocycles. The lowest BCUT2D eigenvalue weighted by Crippen LogP contribution is -2.30. The zero-order valence-corrected chi connectivity index (χ0v) is 23.6. The van der Waals surface area contributed by atoms with E-state index in [0.29, 0.717) is 27.2 Å². The molecule has 0 saturated heterocycles. The minimum atomic E-state index is -1.00. The van der Waals surface area contributed by atoms with Gasteiger partial charge in [-0.1, -0.05) is 77.7 Å². The van der Waals surface area contributed by atoms with E-state index in [-0.39, 0.29) is 16.5 Å². The monoisotopic (exact) mass is 589 g/mol. The Morgan fingerprint density at radius 2 is 1.78 bits per heavy atom. The molecule has 1 unspecified atom stereocenters. The third-order valence-corrected chi connectivity index (χ3v) is 8.43. The third kappa shape index (κ3) is 6.01. The molecule has 0 aliphatic carbocycles. The van der Waals surface area contributed by atoms with Crippen LogP contribution in [0.5, 0.6) is 11.5 Å². The zero-order valence-electron chi connectivity index (χ0n) is 22.0. The second-order valence-electron chi connectivity index (χ2n) is 8.83. The third-order valence-electron chi connectivity index (χ3n) is 6.30. The first-order chi connectivity index (χ1) is 19.9. The first-order valence-corrected chi connectivity index (χ1v) is 14.2. The van der Waals surface area contributed by atoms with Crippen molar-refractivity contribution >= 4 is 46.0 Å². The maximum Gasteiger partial charge on any atom is 0.296 e.